The van der Waals surface area contributed by atoms with Crippen LogP contribution in [0.15, 0.2) is 42.5 Å². The number of carbonyl (C=O) groups excluding carboxylic acids is 2. The summed E-state index contributed by atoms with van der Waals surface area (Å²) in [5, 5.41) is 2.30. The third-order valence-corrected chi connectivity index (χ3v) is 5.08. The second-order valence-electron chi connectivity index (χ2n) is 7.62. The molecule has 3 aromatic carbocycles. The fraction of sp³-hybridized carbons (Fsp3) is 0.385. The van der Waals surface area contributed by atoms with E-state index in [2.05, 4.69) is 0 Å². The van der Waals surface area contributed by atoms with E-state index in [1.165, 1.54) is 12.1 Å². The van der Waals surface area contributed by atoms with Crippen molar-refractivity contribution >= 4 is 33.5 Å². The molecular formula is C26H29FO6. The highest BCUT2D eigenvalue weighted by molar-refractivity contribution is 6.11. The van der Waals surface area contributed by atoms with E-state index < -0.39 is 17.8 Å². The zero-order chi connectivity index (χ0) is 23.6. The van der Waals surface area contributed by atoms with Crippen LogP contribution < -0.4 is 9.47 Å². The van der Waals surface area contributed by atoms with Crippen LogP contribution in [0.2, 0.25) is 0 Å². The molecule has 0 saturated carbocycles. The molecule has 0 aliphatic carbocycles. The molecule has 0 spiro atoms. The Labute approximate surface area is 192 Å². The van der Waals surface area contributed by atoms with Crippen molar-refractivity contribution in [2.24, 2.45) is 0 Å². The van der Waals surface area contributed by atoms with Gasteiger partial charge in [0.25, 0.3) is 0 Å². The van der Waals surface area contributed by atoms with Gasteiger partial charge < -0.3 is 18.9 Å². The zero-order valence-corrected chi connectivity index (χ0v) is 19.0. The molecule has 33 heavy (non-hydrogen) atoms. The maximum Gasteiger partial charge on any atom is 0.344 e. The van der Waals surface area contributed by atoms with Gasteiger partial charge in [0.1, 0.15) is 17.3 Å². The first-order valence-electron chi connectivity index (χ1n) is 11.3. The van der Waals surface area contributed by atoms with Crippen LogP contribution in [-0.4, -0.2) is 38.4 Å². The molecule has 0 aromatic heterocycles. The molecule has 0 N–H and O–H groups in total. The number of hydrogen-bond donors (Lipinski definition) is 0. The van der Waals surface area contributed by atoms with Crippen molar-refractivity contribution in [3.05, 3.63) is 48.3 Å². The Bertz CT molecular complexity index is 1110. The first-order valence-corrected chi connectivity index (χ1v) is 11.3. The van der Waals surface area contributed by atoms with Gasteiger partial charge in [-0.05, 0) is 31.0 Å². The van der Waals surface area contributed by atoms with Crippen LogP contribution in [0.4, 0.5) is 4.39 Å². The van der Waals surface area contributed by atoms with Crippen molar-refractivity contribution in [1.29, 1.82) is 0 Å². The minimum Gasteiger partial charge on any atom is -0.481 e. The molecule has 7 heteroatoms. The van der Waals surface area contributed by atoms with Crippen LogP contribution in [-0.2, 0) is 19.1 Å². The molecule has 176 valence electrons. The predicted octanol–water partition coefficient (Wildman–Crippen LogP) is 5.58. The summed E-state index contributed by atoms with van der Waals surface area (Å²) < 4.78 is 36.2. The molecule has 0 unspecified atom stereocenters. The van der Waals surface area contributed by atoms with Gasteiger partial charge in [0.2, 0.25) is 0 Å². The highest BCUT2D eigenvalue weighted by atomic mass is 19.1. The van der Waals surface area contributed by atoms with E-state index >= 15 is 0 Å². The monoisotopic (exact) mass is 456 g/mol. The van der Waals surface area contributed by atoms with E-state index in [4.69, 9.17) is 18.9 Å². The topological polar surface area (TPSA) is 71.1 Å². The Hall–Kier alpha value is -3.35. The molecule has 0 heterocycles. The summed E-state index contributed by atoms with van der Waals surface area (Å²) in [4.78, 5) is 24.2. The molecule has 0 atom stereocenters. The second kappa shape index (κ2) is 12.0. The lowest BCUT2D eigenvalue weighted by Crippen LogP contribution is -2.17. The van der Waals surface area contributed by atoms with Crippen LogP contribution in [0.5, 0.6) is 11.5 Å². The Morgan fingerprint density at radius 1 is 0.727 bits per heavy atom. The molecule has 0 saturated heterocycles. The van der Waals surface area contributed by atoms with Gasteiger partial charge in [-0.2, -0.15) is 0 Å². The fourth-order valence-corrected chi connectivity index (χ4v) is 3.39. The van der Waals surface area contributed by atoms with Gasteiger partial charge in [0.05, 0.1) is 13.2 Å². The van der Waals surface area contributed by atoms with Crippen LogP contribution >= 0.6 is 0 Å². The van der Waals surface area contributed by atoms with E-state index in [0.29, 0.717) is 46.3 Å². The molecule has 0 aliphatic rings. The lowest BCUT2D eigenvalue weighted by molar-refractivity contribution is -0.146. The third-order valence-electron chi connectivity index (χ3n) is 5.08. The quantitative estimate of drug-likeness (QED) is 0.201. The largest absolute Gasteiger partial charge is 0.481 e. The van der Waals surface area contributed by atoms with Crippen molar-refractivity contribution in [1.82, 2.24) is 0 Å². The molecular weight excluding hydrogens is 427 g/mol. The summed E-state index contributed by atoms with van der Waals surface area (Å²) in [6.07, 6.45) is 3.39. The Kier molecular flexibility index (Phi) is 8.87. The summed E-state index contributed by atoms with van der Waals surface area (Å²) >= 11 is 0. The van der Waals surface area contributed by atoms with E-state index in [9.17, 15) is 14.0 Å². The van der Waals surface area contributed by atoms with Crippen LogP contribution in [0.1, 0.15) is 39.5 Å². The number of rotatable bonds is 12. The van der Waals surface area contributed by atoms with Crippen LogP contribution in [0.3, 0.4) is 0 Å². The standard InChI is InChI=1S/C26H29FO6/c1-3-5-13-30-23(28)16-32-25-19-9-7-8-10-20(19)26(22-15-18(27)11-12-21(22)25)33-17-24(29)31-14-6-4-2/h7-12,15H,3-6,13-14,16-17H2,1-2H3. The van der Waals surface area contributed by atoms with Gasteiger partial charge in [-0.25, -0.2) is 14.0 Å². The summed E-state index contributed by atoms with van der Waals surface area (Å²) in [5.74, 6) is -0.653. The third kappa shape index (κ3) is 6.34. The van der Waals surface area contributed by atoms with Gasteiger partial charge in [0, 0.05) is 21.5 Å². The van der Waals surface area contributed by atoms with Gasteiger partial charge in [-0.1, -0.05) is 51.0 Å². The molecule has 3 rings (SSSR count). The average Bonchev–Trinajstić information content (AvgIpc) is 2.81. The van der Waals surface area contributed by atoms with Crippen molar-refractivity contribution in [3.8, 4) is 11.5 Å². The highest BCUT2D eigenvalue weighted by Gasteiger charge is 2.19. The smallest absolute Gasteiger partial charge is 0.344 e. The molecule has 3 aromatic rings. The van der Waals surface area contributed by atoms with Crippen molar-refractivity contribution in [2.75, 3.05) is 26.4 Å². The van der Waals surface area contributed by atoms with Crippen molar-refractivity contribution < 1.29 is 32.9 Å². The van der Waals surface area contributed by atoms with Crippen molar-refractivity contribution in [3.63, 3.8) is 0 Å². The van der Waals surface area contributed by atoms with E-state index in [0.717, 1.165) is 25.7 Å². The van der Waals surface area contributed by atoms with Crippen molar-refractivity contribution in [2.45, 2.75) is 39.5 Å². The number of esters is 2. The molecule has 0 radical (unpaired) electrons. The average molecular weight is 457 g/mol. The second-order valence-corrected chi connectivity index (χ2v) is 7.62. The molecule has 0 amide bonds. The number of benzene rings is 3. The van der Waals surface area contributed by atoms with Gasteiger partial charge in [-0.3, -0.25) is 0 Å². The number of fused-ring (bicyclic) bond motifs is 2. The summed E-state index contributed by atoms with van der Waals surface area (Å²) in [6, 6.07) is 11.5. The molecule has 0 fully saturated rings. The number of halogens is 1. The fourth-order valence-electron chi connectivity index (χ4n) is 3.39. The lowest BCUT2D eigenvalue weighted by atomic mass is 10.0. The number of carbonyl (C=O) groups is 2. The van der Waals surface area contributed by atoms with E-state index in [1.807, 2.05) is 32.0 Å². The predicted molar refractivity (Wildman–Crippen MR) is 124 cm³/mol. The van der Waals surface area contributed by atoms with Crippen LogP contribution in [0.25, 0.3) is 21.5 Å². The zero-order valence-electron chi connectivity index (χ0n) is 19.0. The summed E-state index contributed by atoms with van der Waals surface area (Å²) in [5.41, 5.74) is 0. The Balaban J connectivity index is 1.94. The Morgan fingerprint density at radius 2 is 1.21 bits per heavy atom. The maximum absolute atomic E-state index is 14.2. The SMILES string of the molecule is CCCCOC(=O)COc1c2ccccc2c(OCC(=O)OCCCC)c2cc(F)ccc12. The minimum atomic E-state index is -0.493. The van der Waals surface area contributed by atoms with E-state index in [1.54, 1.807) is 12.1 Å². The summed E-state index contributed by atoms with van der Waals surface area (Å²) in [7, 11) is 0. The number of ether oxygens (including phenoxy) is 4. The van der Waals surface area contributed by atoms with Gasteiger partial charge in [-0.15, -0.1) is 0 Å². The number of hydrogen-bond acceptors (Lipinski definition) is 6. The first kappa shape index (κ1) is 24.3. The summed E-state index contributed by atoms with van der Waals surface area (Å²) in [6.45, 7) is 4.11. The minimum absolute atomic E-state index is 0.274. The van der Waals surface area contributed by atoms with Crippen LogP contribution in [0, 0.1) is 5.82 Å². The normalized spacial score (nSPS) is 10.9. The van der Waals surface area contributed by atoms with E-state index in [-0.39, 0.29) is 13.2 Å². The molecule has 6 nitrogen and oxygen atoms in total. The van der Waals surface area contributed by atoms with Gasteiger partial charge >= 0.3 is 11.9 Å². The lowest BCUT2D eigenvalue weighted by Gasteiger charge is -2.17. The van der Waals surface area contributed by atoms with Gasteiger partial charge in [0.15, 0.2) is 13.2 Å². The first-order chi connectivity index (χ1) is 16.0. The number of unbranched alkanes of at least 4 members (excludes halogenated alkanes) is 2. The highest BCUT2D eigenvalue weighted by Crippen LogP contribution is 2.43. The molecule has 0 aliphatic heterocycles. The molecule has 0 bridgehead atoms. The maximum atomic E-state index is 14.2. The Morgan fingerprint density at radius 3 is 1.73 bits per heavy atom.